The van der Waals surface area contributed by atoms with Gasteiger partial charge >= 0.3 is 6.09 Å². The summed E-state index contributed by atoms with van der Waals surface area (Å²) in [6, 6.07) is 7.12. The first-order valence-electron chi connectivity index (χ1n) is 5.58. The van der Waals surface area contributed by atoms with Gasteiger partial charge in [0.05, 0.1) is 6.54 Å². The molecule has 0 saturated heterocycles. The fraction of sp³-hybridized carbons (Fsp3) is 0.273. The van der Waals surface area contributed by atoms with Gasteiger partial charge < -0.3 is 10.5 Å². The summed E-state index contributed by atoms with van der Waals surface area (Å²) in [4.78, 5) is 12.4. The summed E-state index contributed by atoms with van der Waals surface area (Å²) in [7, 11) is 0. The van der Waals surface area contributed by atoms with E-state index >= 15 is 0 Å². The minimum absolute atomic E-state index is 0.434. The number of nitrogens with zero attached hydrogens (tertiary/aromatic N) is 4. The summed E-state index contributed by atoms with van der Waals surface area (Å²) >= 11 is 6.08. The van der Waals surface area contributed by atoms with E-state index in [4.69, 9.17) is 22.1 Å². The van der Waals surface area contributed by atoms with E-state index in [-0.39, 0.29) is 0 Å². The maximum atomic E-state index is 11.0. The molecule has 1 unspecified atom stereocenters. The number of tetrazole rings is 1. The Kier molecular flexibility index (Phi) is 4.30. The Morgan fingerprint density at radius 1 is 1.47 bits per heavy atom. The van der Waals surface area contributed by atoms with Gasteiger partial charge in [0.2, 0.25) is 0 Å². The minimum atomic E-state index is -0.850. The van der Waals surface area contributed by atoms with E-state index < -0.39 is 12.2 Å². The number of hydrogen-bond acceptors (Lipinski definition) is 5. The summed E-state index contributed by atoms with van der Waals surface area (Å²) in [5, 5.41) is 11.7. The second-order valence-corrected chi connectivity index (χ2v) is 4.17. The molecule has 19 heavy (non-hydrogen) atoms. The van der Waals surface area contributed by atoms with Crippen molar-refractivity contribution >= 4 is 17.7 Å². The highest BCUT2D eigenvalue weighted by molar-refractivity contribution is 6.31. The van der Waals surface area contributed by atoms with Crippen molar-refractivity contribution in [1.29, 1.82) is 0 Å². The van der Waals surface area contributed by atoms with Crippen molar-refractivity contribution in [3.8, 4) is 0 Å². The zero-order chi connectivity index (χ0) is 13.7. The molecule has 7 nitrogen and oxygen atoms in total. The van der Waals surface area contributed by atoms with Gasteiger partial charge in [-0.1, -0.05) is 29.8 Å². The van der Waals surface area contributed by atoms with Gasteiger partial charge in [0.15, 0.2) is 6.33 Å². The largest absolute Gasteiger partial charge is 0.441 e. The lowest BCUT2D eigenvalue weighted by Crippen LogP contribution is -2.19. The van der Waals surface area contributed by atoms with Crippen molar-refractivity contribution in [2.24, 2.45) is 5.73 Å². The average molecular weight is 282 g/mol. The van der Waals surface area contributed by atoms with Crippen LogP contribution >= 0.6 is 11.6 Å². The molecule has 0 aliphatic carbocycles. The second-order valence-electron chi connectivity index (χ2n) is 3.77. The zero-order valence-electron chi connectivity index (χ0n) is 9.94. The van der Waals surface area contributed by atoms with Crippen molar-refractivity contribution in [1.82, 2.24) is 20.2 Å². The van der Waals surface area contributed by atoms with Crippen molar-refractivity contribution in [2.75, 3.05) is 0 Å². The summed E-state index contributed by atoms with van der Waals surface area (Å²) in [6.07, 6.45) is 0.385. The third kappa shape index (κ3) is 3.65. The Morgan fingerprint density at radius 2 is 2.26 bits per heavy atom. The lowest BCUT2D eigenvalue weighted by Gasteiger charge is -2.17. The van der Waals surface area contributed by atoms with Crippen LogP contribution in [0, 0.1) is 0 Å². The summed E-state index contributed by atoms with van der Waals surface area (Å²) in [6.45, 7) is 0.434. The molecular weight excluding hydrogens is 270 g/mol. The molecule has 1 heterocycles. The maximum absolute atomic E-state index is 11.0. The van der Waals surface area contributed by atoms with E-state index in [1.165, 1.54) is 11.1 Å². The fourth-order valence-corrected chi connectivity index (χ4v) is 1.94. The number of aryl methyl sites for hydroxylation is 1. The van der Waals surface area contributed by atoms with Crippen LogP contribution in [0.4, 0.5) is 4.79 Å². The number of ether oxygens (including phenoxy) is 1. The maximum Gasteiger partial charge on any atom is 0.405 e. The first kappa shape index (κ1) is 13.3. The number of carbonyl (C=O) groups is 1. The lowest BCUT2D eigenvalue weighted by molar-refractivity contribution is 0.0966. The number of rotatable bonds is 5. The van der Waals surface area contributed by atoms with Crippen LogP contribution in [-0.2, 0) is 11.3 Å². The normalized spacial score (nSPS) is 12.1. The molecule has 2 aromatic rings. The van der Waals surface area contributed by atoms with Crippen molar-refractivity contribution in [3.63, 3.8) is 0 Å². The SMILES string of the molecule is NC(=O)OC(CCn1ncnn1)c1ccccc1Cl. The minimum Gasteiger partial charge on any atom is -0.441 e. The van der Waals surface area contributed by atoms with E-state index in [1.807, 2.05) is 6.07 Å². The number of amides is 1. The molecule has 1 atom stereocenters. The predicted molar refractivity (Wildman–Crippen MR) is 67.3 cm³/mol. The monoisotopic (exact) mass is 281 g/mol. The molecule has 0 aliphatic rings. The molecule has 100 valence electrons. The zero-order valence-corrected chi connectivity index (χ0v) is 10.7. The lowest BCUT2D eigenvalue weighted by atomic mass is 10.1. The summed E-state index contributed by atoms with van der Waals surface area (Å²) in [5.74, 6) is 0. The van der Waals surface area contributed by atoms with E-state index in [1.54, 1.807) is 18.2 Å². The Labute approximate surface area is 114 Å². The number of halogens is 1. The number of nitrogens with two attached hydrogens (primary N) is 1. The van der Waals surface area contributed by atoms with Crippen LogP contribution in [-0.4, -0.2) is 26.3 Å². The Bertz CT molecular complexity index is 546. The molecule has 1 amide bonds. The van der Waals surface area contributed by atoms with Gasteiger partial charge in [-0.15, -0.1) is 10.2 Å². The highest BCUT2D eigenvalue weighted by atomic mass is 35.5. The van der Waals surface area contributed by atoms with Crippen LogP contribution in [0.5, 0.6) is 0 Å². The Balaban J connectivity index is 2.11. The Hall–Kier alpha value is -2.15. The molecule has 0 fully saturated rings. The third-order valence-electron chi connectivity index (χ3n) is 2.49. The molecule has 0 radical (unpaired) electrons. The van der Waals surface area contributed by atoms with Gasteiger partial charge in [-0.05, 0) is 11.3 Å². The van der Waals surface area contributed by atoms with Gasteiger partial charge in [0.25, 0.3) is 0 Å². The molecule has 1 aromatic heterocycles. The smallest absolute Gasteiger partial charge is 0.405 e. The first-order chi connectivity index (χ1) is 9.16. The van der Waals surface area contributed by atoms with Gasteiger partial charge in [-0.2, -0.15) is 4.80 Å². The number of carbonyl (C=O) groups excluding carboxylic acids is 1. The number of hydrogen-bond donors (Lipinski definition) is 1. The number of aromatic nitrogens is 4. The molecular formula is C11H12ClN5O2. The number of benzene rings is 1. The molecule has 0 aliphatic heterocycles. The van der Waals surface area contributed by atoms with Gasteiger partial charge in [0, 0.05) is 17.0 Å². The molecule has 2 rings (SSSR count). The summed E-state index contributed by atoms with van der Waals surface area (Å²) in [5.41, 5.74) is 5.77. The average Bonchev–Trinajstić information content (AvgIpc) is 2.88. The molecule has 8 heteroatoms. The highest BCUT2D eigenvalue weighted by Gasteiger charge is 2.18. The van der Waals surface area contributed by atoms with Crippen LogP contribution in [0.1, 0.15) is 18.1 Å². The fourth-order valence-electron chi connectivity index (χ4n) is 1.68. The van der Waals surface area contributed by atoms with E-state index in [2.05, 4.69) is 15.4 Å². The van der Waals surface area contributed by atoms with Crippen LogP contribution in [0.25, 0.3) is 0 Å². The molecule has 2 N–H and O–H groups in total. The van der Waals surface area contributed by atoms with Crippen LogP contribution < -0.4 is 5.73 Å². The molecule has 1 aromatic carbocycles. The van der Waals surface area contributed by atoms with Crippen molar-refractivity contribution in [3.05, 3.63) is 41.2 Å². The third-order valence-corrected chi connectivity index (χ3v) is 2.84. The van der Waals surface area contributed by atoms with E-state index in [0.29, 0.717) is 23.6 Å². The van der Waals surface area contributed by atoms with Gasteiger partial charge in [0.1, 0.15) is 6.10 Å². The Morgan fingerprint density at radius 3 is 2.89 bits per heavy atom. The molecule has 0 spiro atoms. The molecule has 0 saturated carbocycles. The van der Waals surface area contributed by atoms with E-state index in [0.717, 1.165) is 0 Å². The quantitative estimate of drug-likeness (QED) is 0.897. The van der Waals surface area contributed by atoms with Gasteiger partial charge in [-0.3, -0.25) is 0 Å². The van der Waals surface area contributed by atoms with Crippen molar-refractivity contribution in [2.45, 2.75) is 19.1 Å². The van der Waals surface area contributed by atoms with Crippen molar-refractivity contribution < 1.29 is 9.53 Å². The predicted octanol–water partition coefficient (Wildman–Crippen LogP) is 1.55. The topological polar surface area (TPSA) is 95.9 Å². The van der Waals surface area contributed by atoms with Crippen LogP contribution in [0.2, 0.25) is 5.02 Å². The molecule has 0 bridgehead atoms. The second kappa shape index (κ2) is 6.14. The van der Waals surface area contributed by atoms with Gasteiger partial charge in [-0.25, -0.2) is 4.79 Å². The summed E-state index contributed by atoms with van der Waals surface area (Å²) < 4.78 is 5.08. The standard InChI is InChI=1S/C11H12ClN5O2/c12-9-4-2-1-3-8(9)10(19-11(13)18)5-6-17-15-7-14-16-17/h1-4,7,10H,5-6H2,(H2,13,18). The van der Waals surface area contributed by atoms with Crippen LogP contribution in [0.15, 0.2) is 30.6 Å². The number of primary amides is 1. The van der Waals surface area contributed by atoms with E-state index in [9.17, 15) is 4.79 Å². The first-order valence-corrected chi connectivity index (χ1v) is 5.96. The highest BCUT2D eigenvalue weighted by Crippen LogP contribution is 2.28. The van der Waals surface area contributed by atoms with Crippen LogP contribution in [0.3, 0.4) is 0 Å².